The van der Waals surface area contributed by atoms with Gasteiger partial charge in [0.2, 0.25) is 0 Å². The average Bonchev–Trinajstić information content (AvgIpc) is 2.54. The Hall–Kier alpha value is -0.860. The Labute approximate surface area is 84.7 Å². The molecular weight excluding hydrogens is 174 g/mol. The zero-order valence-electron chi connectivity index (χ0n) is 8.53. The average molecular weight is 191 g/mol. The predicted octanol–water partition coefficient (Wildman–Crippen LogP) is 1.25. The van der Waals surface area contributed by atoms with Gasteiger partial charge in [0, 0.05) is 18.9 Å². The number of benzene rings is 1. The smallest absolute Gasteiger partial charge is 0.0878 e. The first-order valence-corrected chi connectivity index (χ1v) is 5.20. The summed E-state index contributed by atoms with van der Waals surface area (Å²) >= 11 is 0. The van der Waals surface area contributed by atoms with Crippen molar-refractivity contribution in [3.63, 3.8) is 0 Å². The lowest BCUT2D eigenvalue weighted by atomic mass is 9.90. The second-order valence-corrected chi connectivity index (χ2v) is 4.24. The molecule has 0 aromatic heterocycles. The second-order valence-electron chi connectivity index (χ2n) is 4.24. The molecule has 1 aromatic carbocycles. The van der Waals surface area contributed by atoms with E-state index in [4.69, 9.17) is 5.73 Å². The molecule has 2 nitrogen and oxygen atoms in total. The van der Waals surface area contributed by atoms with Crippen molar-refractivity contribution in [2.75, 3.05) is 0 Å². The summed E-state index contributed by atoms with van der Waals surface area (Å²) in [6.45, 7) is 2.02. The highest BCUT2D eigenvalue weighted by Gasteiger charge is 2.39. The van der Waals surface area contributed by atoms with Gasteiger partial charge >= 0.3 is 0 Å². The van der Waals surface area contributed by atoms with Crippen LogP contribution in [0.3, 0.4) is 0 Å². The Kier molecular flexibility index (Phi) is 2.33. The van der Waals surface area contributed by atoms with Crippen molar-refractivity contribution < 1.29 is 5.11 Å². The maximum Gasteiger partial charge on any atom is 0.0878 e. The molecule has 0 amide bonds. The number of fused-ring (bicyclic) bond motifs is 1. The summed E-state index contributed by atoms with van der Waals surface area (Å²) in [6, 6.07) is 8.07. The van der Waals surface area contributed by atoms with Gasteiger partial charge in [-0.05, 0) is 17.5 Å². The van der Waals surface area contributed by atoms with Crippen LogP contribution in [-0.4, -0.2) is 16.7 Å². The van der Waals surface area contributed by atoms with Crippen LogP contribution in [0.25, 0.3) is 0 Å². The van der Waals surface area contributed by atoms with Crippen LogP contribution in [0, 0.1) is 0 Å². The van der Waals surface area contributed by atoms with Crippen LogP contribution in [-0.2, 0) is 12.8 Å². The number of aliphatic hydroxyl groups is 1. The lowest BCUT2D eigenvalue weighted by Gasteiger charge is -2.28. The van der Waals surface area contributed by atoms with Crippen molar-refractivity contribution in [1.29, 1.82) is 0 Å². The fraction of sp³-hybridized carbons (Fsp3) is 0.500. The van der Waals surface area contributed by atoms with Gasteiger partial charge in [-0.1, -0.05) is 31.2 Å². The molecule has 2 rings (SSSR count). The molecule has 14 heavy (non-hydrogen) atoms. The van der Waals surface area contributed by atoms with E-state index in [1.54, 1.807) is 0 Å². The second kappa shape index (κ2) is 3.37. The minimum absolute atomic E-state index is 0.116. The molecule has 0 saturated carbocycles. The molecule has 1 atom stereocenters. The summed E-state index contributed by atoms with van der Waals surface area (Å²) in [6.07, 6.45) is 2.24. The molecule has 0 heterocycles. The lowest BCUT2D eigenvalue weighted by Crippen LogP contribution is -2.48. The van der Waals surface area contributed by atoms with E-state index in [1.165, 1.54) is 11.1 Å². The van der Waals surface area contributed by atoms with Gasteiger partial charge in [-0.25, -0.2) is 0 Å². The first kappa shape index (κ1) is 9.69. The van der Waals surface area contributed by atoms with Gasteiger partial charge in [0.15, 0.2) is 0 Å². The predicted molar refractivity (Wildman–Crippen MR) is 57.1 cm³/mol. The number of nitrogens with two attached hydrogens (primary N) is 1. The van der Waals surface area contributed by atoms with Gasteiger partial charge in [-0.3, -0.25) is 0 Å². The van der Waals surface area contributed by atoms with Crippen LogP contribution in [0.1, 0.15) is 24.5 Å². The third-order valence-electron chi connectivity index (χ3n) is 3.24. The van der Waals surface area contributed by atoms with Crippen molar-refractivity contribution in [2.24, 2.45) is 5.73 Å². The summed E-state index contributed by atoms with van der Waals surface area (Å²) in [7, 11) is 0. The van der Waals surface area contributed by atoms with Crippen molar-refractivity contribution >= 4 is 0 Å². The van der Waals surface area contributed by atoms with Crippen LogP contribution in [0.15, 0.2) is 24.3 Å². The Morgan fingerprint density at radius 1 is 1.36 bits per heavy atom. The van der Waals surface area contributed by atoms with Crippen LogP contribution < -0.4 is 5.73 Å². The Morgan fingerprint density at radius 2 is 1.86 bits per heavy atom. The fourth-order valence-electron chi connectivity index (χ4n) is 2.27. The van der Waals surface area contributed by atoms with Crippen molar-refractivity contribution in [3.8, 4) is 0 Å². The van der Waals surface area contributed by atoms with Gasteiger partial charge in [0.05, 0.1) is 5.60 Å². The van der Waals surface area contributed by atoms with Gasteiger partial charge in [-0.15, -0.1) is 0 Å². The highest BCUT2D eigenvalue weighted by Crippen LogP contribution is 2.32. The molecule has 0 bridgehead atoms. The van der Waals surface area contributed by atoms with Gasteiger partial charge in [0.25, 0.3) is 0 Å². The van der Waals surface area contributed by atoms with Gasteiger partial charge in [0.1, 0.15) is 0 Å². The molecular formula is C12H17NO. The number of hydrogen-bond acceptors (Lipinski definition) is 2. The molecule has 0 aliphatic heterocycles. The summed E-state index contributed by atoms with van der Waals surface area (Å²) in [5.74, 6) is 0. The molecule has 76 valence electrons. The van der Waals surface area contributed by atoms with Crippen molar-refractivity contribution in [3.05, 3.63) is 35.4 Å². The summed E-state index contributed by atoms with van der Waals surface area (Å²) in [5, 5.41) is 10.4. The van der Waals surface area contributed by atoms with Gasteiger partial charge < -0.3 is 10.8 Å². The Bertz CT molecular complexity index is 310. The first-order valence-electron chi connectivity index (χ1n) is 5.20. The highest BCUT2D eigenvalue weighted by molar-refractivity contribution is 5.36. The minimum atomic E-state index is -0.710. The summed E-state index contributed by atoms with van der Waals surface area (Å²) in [5.41, 5.74) is 7.73. The molecule has 0 saturated heterocycles. The maximum absolute atomic E-state index is 10.4. The standard InChI is InChI=1S/C12H17NO/c1-2-11(13)12(14)7-9-5-3-4-6-10(9)8-12/h3-6,11,14H,2,7-8,13H2,1H3. The van der Waals surface area contributed by atoms with Crippen LogP contribution in [0.5, 0.6) is 0 Å². The molecule has 2 heteroatoms. The lowest BCUT2D eigenvalue weighted by molar-refractivity contribution is 0.0232. The van der Waals surface area contributed by atoms with E-state index in [0.717, 1.165) is 6.42 Å². The number of rotatable bonds is 2. The Balaban J connectivity index is 2.25. The van der Waals surface area contributed by atoms with E-state index in [2.05, 4.69) is 12.1 Å². The van der Waals surface area contributed by atoms with Crippen LogP contribution in [0.2, 0.25) is 0 Å². The van der Waals surface area contributed by atoms with E-state index in [9.17, 15) is 5.11 Å². The number of hydrogen-bond donors (Lipinski definition) is 2. The zero-order valence-corrected chi connectivity index (χ0v) is 8.53. The Morgan fingerprint density at radius 3 is 2.29 bits per heavy atom. The largest absolute Gasteiger partial charge is 0.388 e. The fourth-order valence-corrected chi connectivity index (χ4v) is 2.27. The first-order chi connectivity index (χ1) is 6.65. The van der Waals surface area contributed by atoms with E-state index in [-0.39, 0.29) is 6.04 Å². The van der Waals surface area contributed by atoms with E-state index >= 15 is 0 Å². The van der Waals surface area contributed by atoms with E-state index in [1.807, 2.05) is 19.1 Å². The molecule has 1 unspecified atom stereocenters. The molecule has 1 aliphatic rings. The maximum atomic E-state index is 10.4. The van der Waals surface area contributed by atoms with Gasteiger partial charge in [-0.2, -0.15) is 0 Å². The third-order valence-corrected chi connectivity index (χ3v) is 3.24. The molecule has 1 aromatic rings. The SMILES string of the molecule is CCC(N)C1(O)Cc2ccccc2C1. The normalized spacial score (nSPS) is 20.5. The van der Waals surface area contributed by atoms with Crippen LogP contribution >= 0.6 is 0 Å². The van der Waals surface area contributed by atoms with Crippen LogP contribution in [0.4, 0.5) is 0 Å². The monoisotopic (exact) mass is 191 g/mol. The topological polar surface area (TPSA) is 46.2 Å². The molecule has 0 spiro atoms. The summed E-state index contributed by atoms with van der Waals surface area (Å²) < 4.78 is 0. The molecule has 0 radical (unpaired) electrons. The zero-order chi connectivity index (χ0) is 10.2. The van der Waals surface area contributed by atoms with E-state index in [0.29, 0.717) is 12.8 Å². The molecule has 3 N–H and O–H groups in total. The third kappa shape index (κ3) is 1.45. The van der Waals surface area contributed by atoms with E-state index < -0.39 is 5.60 Å². The highest BCUT2D eigenvalue weighted by atomic mass is 16.3. The summed E-state index contributed by atoms with van der Waals surface area (Å²) in [4.78, 5) is 0. The molecule has 0 fully saturated rings. The minimum Gasteiger partial charge on any atom is -0.388 e. The molecule has 1 aliphatic carbocycles. The van der Waals surface area contributed by atoms with Crippen molar-refractivity contribution in [2.45, 2.75) is 37.8 Å². The quantitative estimate of drug-likeness (QED) is 0.739. The van der Waals surface area contributed by atoms with Crippen molar-refractivity contribution in [1.82, 2.24) is 0 Å².